The molecule has 3 rings (SSSR count). The van der Waals surface area contributed by atoms with Gasteiger partial charge in [0.05, 0.1) is 31.5 Å². The van der Waals surface area contributed by atoms with E-state index >= 15 is 0 Å². The maximum absolute atomic E-state index is 12.9. The summed E-state index contributed by atoms with van der Waals surface area (Å²) in [5.41, 5.74) is 1.46. The van der Waals surface area contributed by atoms with Crippen LogP contribution in [0, 0.1) is 0 Å². The van der Waals surface area contributed by atoms with Crippen molar-refractivity contribution in [1.29, 1.82) is 0 Å². The van der Waals surface area contributed by atoms with Gasteiger partial charge in [0.2, 0.25) is 5.75 Å². The molecule has 3 aromatic rings. The first-order chi connectivity index (χ1) is 13.1. The molecule has 0 atom stereocenters. The van der Waals surface area contributed by atoms with Crippen LogP contribution in [-0.4, -0.2) is 31.8 Å². The first-order valence-corrected chi connectivity index (χ1v) is 9.42. The van der Waals surface area contributed by atoms with Crippen LogP contribution in [0.2, 0.25) is 0 Å². The smallest absolute Gasteiger partial charge is 0.279 e. The monoisotopic (exact) mass is 386 g/mol. The third kappa shape index (κ3) is 3.68. The van der Waals surface area contributed by atoms with Gasteiger partial charge in [-0.15, -0.1) is 0 Å². The Morgan fingerprint density at radius 2 is 1.74 bits per heavy atom. The van der Waals surface area contributed by atoms with E-state index in [0.717, 1.165) is 23.2 Å². The molecule has 0 saturated heterocycles. The van der Waals surface area contributed by atoms with Crippen molar-refractivity contribution in [2.24, 2.45) is 4.99 Å². The lowest BCUT2D eigenvalue weighted by Crippen LogP contribution is -2.17. The van der Waals surface area contributed by atoms with E-state index in [1.807, 2.05) is 24.3 Å². The fourth-order valence-electron chi connectivity index (χ4n) is 2.90. The summed E-state index contributed by atoms with van der Waals surface area (Å²) in [6.07, 6.45) is 0.951. The highest BCUT2D eigenvalue weighted by Crippen LogP contribution is 2.38. The van der Waals surface area contributed by atoms with Crippen LogP contribution < -0.4 is 19.0 Å². The third-order valence-electron chi connectivity index (χ3n) is 4.14. The van der Waals surface area contributed by atoms with Crippen LogP contribution in [0.15, 0.2) is 41.4 Å². The van der Waals surface area contributed by atoms with Gasteiger partial charge >= 0.3 is 0 Å². The van der Waals surface area contributed by atoms with Gasteiger partial charge in [-0.1, -0.05) is 30.4 Å². The molecule has 0 N–H and O–H groups in total. The van der Waals surface area contributed by atoms with Gasteiger partial charge in [-0.2, -0.15) is 4.99 Å². The Labute approximate surface area is 161 Å². The first kappa shape index (κ1) is 19.0. The highest BCUT2D eigenvalue weighted by molar-refractivity contribution is 7.16. The van der Waals surface area contributed by atoms with Crippen molar-refractivity contribution in [2.75, 3.05) is 21.3 Å². The molecule has 0 unspecified atom stereocenters. The largest absolute Gasteiger partial charge is 0.493 e. The molecule has 2 aromatic carbocycles. The zero-order valence-corrected chi connectivity index (χ0v) is 16.6. The van der Waals surface area contributed by atoms with Crippen molar-refractivity contribution in [3.05, 3.63) is 46.8 Å². The van der Waals surface area contributed by atoms with Gasteiger partial charge in [0.25, 0.3) is 5.91 Å². The molecule has 1 amide bonds. The third-order valence-corrected chi connectivity index (χ3v) is 5.20. The summed E-state index contributed by atoms with van der Waals surface area (Å²) in [5.74, 6) is 0.937. The van der Waals surface area contributed by atoms with Crippen LogP contribution in [0.3, 0.4) is 0 Å². The Morgan fingerprint density at radius 3 is 2.33 bits per heavy atom. The molecule has 27 heavy (non-hydrogen) atoms. The average molecular weight is 386 g/mol. The number of methoxy groups -OCH3 is 3. The molecule has 0 saturated carbocycles. The van der Waals surface area contributed by atoms with E-state index in [-0.39, 0.29) is 5.91 Å². The summed E-state index contributed by atoms with van der Waals surface area (Å²) in [6.45, 7) is 2.90. The predicted octanol–water partition coefficient (Wildman–Crippen LogP) is 3.88. The number of thiazole rings is 1. The number of para-hydroxylation sites is 1. The number of hydrogen-bond donors (Lipinski definition) is 0. The summed E-state index contributed by atoms with van der Waals surface area (Å²) in [7, 11) is 4.56. The highest BCUT2D eigenvalue weighted by atomic mass is 32.1. The quantitative estimate of drug-likeness (QED) is 0.645. The number of aromatic nitrogens is 1. The lowest BCUT2D eigenvalue weighted by atomic mass is 10.1. The van der Waals surface area contributed by atoms with Gasteiger partial charge in [0, 0.05) is 12.1 Å². The van der Waals surface area contributed by atoms with E-state index < -0.39 is 0 Å². The molecule has 0 bridgehead atoms. The van der Waals surface area contributed by atoms with Crippen molar-refractivity contribution in [3.8, 4) is 17.2 Å². The van der Waals surface area contributed by atoms with E-state index in [4.69, 9.17) is 14.2 Å². The molecule has 1 aromatic heterocycles. The Kier molecular flexibility index (Phi) is 5.81. The van der Waals surface area contributed by atoms with Crippen molar-refractivity contribution >= 4 is 27.5 Å². The normalized spacial score (nSPS) is 11.6. The molecule has 0 fully saturated rings. The molecular formula is C20H22N2O4S. The number of benzene rings is 2. The number of amides is 1. The molecule has 1 heterocycles. The van der Waals surface area contributed by atoms with Gasteiger partial charge in [0.1, 0.15) is 0 Å². The Hall–Kier alpha value is -2.80. The Balaban J connectivity index is 2.12. The molecule has 6 nitrogen and oxygen atoms in total. The Bertz CT molecular complexity index is 1010. The molecule has 7 heteroatoms. The minimum Gasteiger partial charge on any atom is -0.493 e. The number of rotatable bonds is 6. The molecule has 0 aliphatic carbocycles. The van der Waals surface area contributed by atoms with E-state index in [1.54, 1.807) is 12.1 Å². The number of fused-ring (bicyclic) bond motifs is 1. The van der Waals surface area contributed by atoms with Crippen molar-refractivity contribution < 1.29 is 19.0 Å². The fraction of sp³-hybridized carbons (Fsp3) is 0.300. The SMILES string of the molecule is CCCn1c(=NC(=O)c2cc(OC)c(OC)c(OC)c2)sc2ccccc21. The Morgan fingerprint density at radius 1 is 1.07 bits per heavy atom. The second kappa shape index (κ2) is 8.26. The average Bonchev–Trinajstić information content (AvgIpc) is 3.04. The standard InChI is InChI=1S/C20H22N2O4S/c1-5-10-22-14-8-6-7-9-17(14)27-20(22)21-19(23)13-11-15(24-2)18(26-4)16(12-13)25-3/h6-9,11-12H,5,10H2,1-4H3. The summed E-state index contributed by atoms with van der Waals surface area (Å²) in [5, 5.41) is 0. The first-order valence-electron chi connectivity index (χ1n) is 8.60. The van der Waals surface area contributed by atoms with E-state index in [0.29, 0.717) is 27.6 Å². The summed E-state index contributed by atoms with van der Waals surface area (Å²) in [4.78, 5) is 17.9. The minimum atomic E-state index is -0.356. The number of aryl methyl sites for hydroxylation is 1. The fourth-order valence-corrected chi connectivity index (χ4v) is 3.96. The van der Waals surface area contributed by atoms with Gasteiger partial charge in [0.15, 0.2) is 16.3 Å². The van der Waals surface area contributed by atoms with Crippen molar-refractivity contribution in [2.45, 2.75) is 19.9 Å². The number of hydrogen-bond acceptors (Lipinski definition) is 5. The minimum absolute atomic E-state index is 0.356. The van der Waals surface area contributed by atoms with Gasteiger partial charge in [-0.05, 0) is 30.7 Å². The van der Waals surface area contributed by atoms with Gasteiger partial charge in [-0.3, -0.25) is 4.79 Å². The molecule has 142 valence electrons. The lowest BCUT2D eigenvalue weighted by molar-refractivity contribution is 0.0997. The lowest BCUT2D eigenvalue weighted by Gasteiger charge is -2.12. The number of carbonyl (C=O) groups excluding carboxylic acids is 1. The number of nitrogens with zero attached hydrogens (tertiary/aromatic N) is 2. The van der Waals surface area contributed by atoms with Crippen LogP contribution in [0.5, 0.6) is 17.2 Å². The van der Waals surface area contributed by atoms with Crippen molar-refractivity contribution in [1.82, 2.24) is 4.57 Å². The van der Waals surface area contributed by atoms with E-state index in [1.165, 1.54) is 32.7 Å². The maximum Gasteiger partial charge on any atom is 0.279 e. The highest BCUT2D eigenvalue weighted by Gasteiger charge is 2.17. The summed E-state index contributed by atoms with van der Waals surface area (Å²) < 4.78 is 19.1. The second-order valence-corrected chi connectivity index (χ2v) is 6.84. The van der Waals surface area contributed by atoms with Gasteiger partial charge in [-0.25, -0.2) is 0 Å². The molecule has 0 aliphatic rings. The predicted molar refractivity (Wildman–Crippen MR) is 106 cm³/mol. The second-order valence-electron chi connectivity index (χ2n) is 5.83. The zero-order valence-electron chi connectivity index (χ0n) is 15.8. The number of carbonyl (C=O) groups is 1. The van der Waals surface area contributed by atoms with E-state index in [9.17, 15) is 4.79 Å². The van der Waals surface area contributed by atoms with Crippen LogP contribution >= 0.6 is 11.3 Å². The van der Waals surface area contributed by atoms with Crippen molar-refractivity contribution in [3.63, 3.8) is 0 Å². The number of ether oxygens (including phenoxy) is 3. The topological polar surface area (TPSA) is 62.1 Å². The molecule has 0 radical (unpaired) electrons. The van der Waals surface area contributed by atoms with Crippen LogP contribution in [0.4, 0.5) is 0 Å². The summed E-state index contributed by atoms with van der Waals surface area (Å²) >= 11 is 1.50. The molecule has 0 spiro atoms. The van der Waals surface area contributed by atoms with Crippen LogP contribution in [0.25, 0.3) is 10.2 Å². The maximum atomic E-state index is 12.9. The van der Waals surface area contributed by atoms with Crippen LogP contribution in [-0.2, 0) is 6.54 Å². The van der Waals surface area contributed by atoms with Gasteiger partial charge < -0.3 is 18.8 Å². The molecular weight excluding hydrogens is 364 g/mol. The zero-order chi connectivity index (χ0) is 19.4. The van der Waals surface area contributed by atoms with E-state index in [2.05, 4.69) is 16.5 Å². The van der Waals surface area contributed by atoms with Crippen LogP contribution in [0.1, 0.15) is 23.7 Å². The molecule has 0 aliphatic heterocycles. The summed E-state index contributed by atoms with van der Waals surface area (Å²) in [6, 6.07) is 11.3.